The zero-order valence-corrected chi connectivity index (χ0v) is 15.1. The number of rotatable bonds is 4. The second kappa shape index (κ2) is 6.78. The van der Waals surface area contributed by atoms with Crippen molar-refractivity contribution in [3.05, 3.63) is 54.1 Å². The average Bonchev–Trinajstić information content (AvgIpc) is 3.38. The summed E-state index contributed by atoms with van der Waals surface area (Å²) in [6.45, 7) is 2.10. The molecule has 1 amide bonds. The summed E-state index contributed by atoms with van der Waals surface area (Å²) in [7, 11) is 3.91. The Kier molecular flexibility index (Phi) is 4.32. The number of nitrogens with zero attached hydrogens (tertiary/aromatic N) is 7. The highest BCUT2D eigenvalue weighted by atomic mass is 16.2. The maximum Gasteiger partial charge on any atom is 0.270 e. The molecule has 8 nitrogen and oxygen atoms in total. The molecule has 4 rings (SSSR count). The number of carbonyl (C=O) groups excluding carboxylic acids is 1. The van der Waals surface area contributed by atoms with Gasteiger partial charge in [0.2, 0.25) is 0 Å². The molecule has 8 heteroatoms. The van der Waals surface area contributed by atoms with Crippen LogP contribution in [0.5, 0.6) is 0 Å². The highest BCUT2D eigenvalue weighted by Crippen LogP contribution is 2.27. The first-order valence-corrected chi connectivity index (χ1v) is 8.89. The van der Waals surface area contributed by atoms with Gasteiger partial charge < -0.3 is 14.0 Å². The molecule has 136 valence electrons. The first kappa shape index (κ1) is 16.6. The van der Waals surface area contributed by atoms with Crippen LogP contribution in [0, 0.1) is 0 Å². The van der Waals surface area contributed by atoms with E-state index in [-0.39, 0.29) is 5.91 Å². The Balaban J connectivity index is 1.41. The molecule has 0 aromatic carbocycles. The van der Waals surface area contributed by atoms with Crippen molar-refractivity contribution in [2.24, 2.45) is 14.1 Å². The van der Waals surface area contributed by atoms with Gasteiger partial charge in [-0.25, -0.2) is 0 Å². The summed E-state index contributed by atoms with van der Waals surface area (Å²) in [5.74, 6) is 2.33. The third kappa shape index (κ3) is 3.02. The summed E-state index contributed by atoms with van der Waals surface area (Å²) >= 11 is 0. The molecular formula is C18H23N7O. The van der Waals surface area contributed by atoms with Crippen molar-refractivity contribution in [1.82, 2.24) is 34.0 Å². The monoisotopic (exact) mass is 353 g/mol. The van der Waals surface area contributed by atoms with Crippen molar-refractivity contribution in [3.8, 4) is 0 Å². The predicted octanol–water partition coefficient (Wildman–Crippen LogP) is 1.42. The second-order valence-electron chi connectivity index (χ2n) is 6.81. The lowest BCUT2D eigenvalue weighted by atomic mass is 9.95. The summed E-state index contributed by atoms with van der Waals surface area (Å²) in [6, 6.07) is 5.68. The lowest BCUT2D eigenvalue weighted by molar-refractivity contribution is 0.0701. The normalized spacial score (nSPS) is 15.5. The number of carbonyl (C=O) groups is 1. The standard InChI is InChI=1S/C18H23N7O/c1-22-9-3-5-15(22)18(26)24-11-6-14(7-12-24)17-21-20-16(23(17)2)13-25-10-4-8-19-25/h3-5,8-10,14H,6-7,11-13H2,1-2H3. The van der Waals surface area contributed by atoms with E-state index >= 15 is 0 Å². The number of likely N-dealkylation sites (tertiary alicyclic amines) is 1. The van der Waals surface area contributed by atoms with Gasteiger partial charge in [-0.2, -0.15) is 5.10 Å². The van der Waals surface area contributed by atoms with E-state index in [1.165, 1.54) is 0 Å². The highest BCUT2D eigenvalue weighted by Gasteiger charge is 2.28. The van der Waals surface area contributed by atoms with Crippen molar-refractivity contribution in [1.29, 1.82) is 0 Å². The zero-order chi connectivity index (χ0) is 18.1. The molecule has 3 aromatic heterocycles. The Hall–Kier alpha value is -2.90. The van der Waals surface area contributed by atoms with Crippen molar-refractivity contribution in [2.75, 3.05) is 13.1 Å². The average molecular weight is 353 g/mol. The molecule has 0 bridgehead atoms. The quantitative estimate of drug-likeness (QED) is 0.711. The van der Waals surface area contributed by atoms with Gasteiger partial charge in [0, 0.05) is 51.7 Å². The molecule has 0 atom stereocenters. The maximum absolute atomic E-state index is 12.6. The fourth-order valence-electron chi connectivity index (χ4n) is 3.59. The first-order valence-electron chi connectivity index (χ1n) is 8.89. The van der Waals surface area contributed by atoms with Crippen LogP contribution in [0.15, 0.2) is 36.8 Å². The number of amides is 1. The van der Waals surface area contributed by atoms with E-state index < -0.39 is 0 Å². The molecule has 0 aliphatic carbocycles. The van der Waals surface area contributed by atoms with Crippen LogP contribution in [0.4, 0.5) is 0 Å². The van der Waals surface area contributed by atoms with Gasteiger partial charge in [-0.3, -0.25) is 9.48 Å². The largest absolute Gasteiger partial charge is 0.347 e. The molecule has 4 heterocycles. The summed E-state index contributed by atoms with van der Waals surface area (Å²) < 4.78 is 5.79. The smallest absolute Gasteiger partial charge is 0.270 e. The summed E-state index contributed by atoms with van der Waals surface area (Å²) in [6.07, 6.45) is 7.40. The van der Waals surface area contributed by atoms with Crippen LogP contribution in [0.3, 0.4) is 0 Å². The topological polar surface area (TPSA) is 73.8 Å². The van der Waals surface area contributed by atoms with Gasteiger partial charge in [-0.05, 0) is 31.0 Å². The van der Waals surface area contributed by atoms with E-state index in [1.807, 2.05) is 58.8 Å². The Labute approximate surface area is 152 Å². The lowest BCUT2D eigenvalue weighted by Gasteiger charge is -2.31. The number of hydrogen-bond donors (Lipinski definition) is 0. The molecule has 0 spiro atoms. The van der Waals surface area contributed by atoms with Gasteiger partial charge >= 0.3 is 0 Å². The molecule has 0 radical (unpaired) electrons. The van der Waals surface area contributed by atoms with E-state index in [1.54, 1.807) is 6.20 Å². The molecular weight excluding hydrogens is 330 g/mol. The fourth-order valence-corrected chi connectivity index (χ4v) is 3.59. The van der Waals surface area contributed by atoms with Gasteiger partial charge in [-0.15, -0.1) is 10.2 Å². The molecule has 0 unspecified atom stereocenters. The Bertz CT molecular complexity index is 885. The molecule has 3 aromatic rings. The van der Waals surface area contributed by atoms with E-state index in [2.05, 4.69) is 19.9 Å². The van der Waals surface area contributed by atoms with Crippen molar-refractivity contribution in [2.45, 2.75) is 25.3 Å². The molecule has 1 aliphatic heterocycles. The number of piperidine rings is 1. The SMILES string of the molecule is Cn1cccc1C(=O)N1CCC(c2nnc(Cn3cccn3)n2C)CC1. The highest BCUT2D eigenvalue weighted by molar-refractivity contribution is 5.92. The maximum atomic E-state index is 12.6. The minimum absolute atomic E-state index is 0.105. The van der Waals surface area contributed by atoms with Gasteiger partial charge in [0.05, 0.1) is 0 Å². The van der Waals surface area contributed by atoms with Crippen LogP contribution in [-0.4, -0.2) is 53.0 Å². The third-order valence-corrected chi connectivity index (χ3v) is 5.17. The van der Waals surface area contributed by atoms with E-state index in [0.717, 1.165) is 43.3 Å². The van der Waals surface area contributed by atoms with E-state index in [0.29, 0.717) is 12.5 Å². The molecule has 26 heavy (non-hydrogen) atoms. The second-order valence-corrected chi connectivity index (χ2v) is 6.81. The zero-order valence-electron chi connectivity index (χ0n) is 15.1. The Morgan fingerprint density at radius 1 is 1.15 bits per heavy atom. The van der Waals surface area contributed by atoms with Crippen LogP contribution in [0.2, 0.25) is 0 Å². The molecule has 0 saturated carbocycles. The van der Waals surface area contributed by atoms with Gasteiger partial charge in [0.15, 0.2) is 5.82 Å². The molecule has 0 N–H and O–H groups in total. The van der Waals surface area contributed by atoms with Crippen LogP contribution >= 0.6 is 0 Å². The summed E-state index contributed by atoms with van der Waals surface area (Å²) in [5, 5.41) is 13.0. The lowest BCUT2D eigenvalue weighted by Crippen LogP contribution is -2.39. The van der Waals surface area contributed by atoms with Crippen LogP contribution < -0.4 is 0 Å². The van der Waals surface area contributed by atoms with Crippen LogP contribution in [0.1, 0.15) is 40.9 Å². The number of hydrogen-bond acceptors (Lipinski definition) is 4. The van der Waals surface area contributed by atoms with E-state index in [9.17, 15) is 4.79 Å². The predicted molar refractivity (Wildman–Crippen MR) is 95.6 cm³/mol. The van der Waals surface area contributed by atoms with Gasteiger partial charge in [-0.1, -0.05) is 0 Å². The molecule has 1 aliphatic rings. The minimum atomic E-state index is 0.105. The first-order chi connectivity index (χ1) is 12.6. The number of aromatic nitrogens is 6. The number of aryl methyl sites for hydroxylation is 1. The van der Waals surface area contributed by atoms with Crippen molar-refractivity contribution < 1.29 is 4.79 Å². The van der Waals surface area contributed by atoms with Crippen molar-refractivity contribution >= 4 is 5.91 Å². The van der Waals surface area contributed by atoms with Gasteiger partial charge in [0.1, 0.15) is 18.1 Å². The molecule has 1 fully saturated rings. The summed E-state index contributed by atoms with van der Waals surface area (Å²) in [5.41, 5.74) is 0.739. The van der Waals surface area contributed by atoms with Crippen LogP contribution in [0.25, 0.3) is 0 Å². The molecule has 1 saturated heterocycles. The van der Waals surface area contributed by atoms with Gasteiger partial charge in [0.25, 0.3) is 5.91 Å². The fraction of sp³-hybridized carbons (Fsp3) is 0.444. The summed E-state index contributed by atoms with van der Waals surface area (Å²) in [4.78, 5) is 14.6. The van der Waals surface area contributed by atoms with Crippen molar-refractivity contribution in [3.63, 3.8) is 0 Å². The minimum Gasteiger partial charge on any atom is -0.347 e. The van der Waals surface area contributed by atoms with Crippen LogP contribution in [-0.2, 0) is 20.6 Å². The Morgan fingerprint density at radius 3 is 2.62 bits per heavy atom. The van der Waals surface area contributed by atoms with E-state index in [4.69, 9.17) is 0 Å². The Morgan fingerprint density at radius 2 is 1.96 bits per heavy atom. The third-order valence-electron chi connectivity index (χ3n) is 5.17.